The lowest BCUT2D eigenvalue weighted by atomic mass is 9.83. The van der Waals surface area contributed by atoms with Gasteiger partial charge in [-0.3, -0.25) is 4.79 Å². The lowest BCUT2D eigenvalue weighted by molar-refractivity contribution is -0.120. The smallest absolute Gasteiger partial charge is 0.252 e. The van der Waals surface area contributed by atoms with E-state index < -0.39 is 10.0 Å². The molecule has 0 spiro atoms. The number of nitrogens with one attached hydrogen (secondary N) is 1. The molecule has 1 atom stereocenters. The van der Waals surface area contributed by atoms with Gasteiger partial charge in [0.25, 0.3) is 10.0 Å². The highest BCUT2D eigenvalue weighted by atomic mass is 32.2. The number of rotatable bonds is 6. The molecule has 1 aliphatic carbocycles. The van der Waals surface area contributed by atoms with Crippen molar-refractivity contribution in [2.24, 2.45) is 0 Å². The number of ether oxygens (including phenoxy) is 1. The zero-order valence-corrected chi connectivity index (χ0v) is 17.9. The minimum atomic E-state index is -3.50. The van der Waals surface area contributed by atoms with Gasteiger partial charge in [-0.25, -0.2) is 8.42 Å². The van der Waals surface area contributed by atoms with E-state index in [1.54, 1.807) is 12.1 Å². The number of benzene rings is 1. The maximum absolute atomic E-state index is 12.7. The zero-order valence-electron chi connectivity index (χ0n) is 16.3. The lowest BCUT2D eigenvalue weighted by Crippen LogP contribution is -2.40. The largest absolute Gasteiger partial charge is 0.379 e. The molecule has 0 saturated carbocycles. The average molecular weight is 435 g/mol. The number of fused-ring (bicyclic) bond motifs is 1. The van der Waals surface area contributed by atoms with Crippen molar-refractivity contribution in [3.05, 3.63) is 52.4 Å². The topological polar surface area (TPSA) is 75.7 Å². The van der Waals surface area contributed by atoms with E-state index >= 15 is 0 Å². The second kappa shape index (κ2) is 8.95. The predicted molar refractivity (Wildman–Crippen MR) is 113 cm³/mol. The molecule has 1 amide bonds. The van der Waals surface area contributed by atoms with Gasteiger partial charge in [0.15, 0.2) is 0 Å². The Labute approximate surface area is 175 Å². The first kappa shape index (κ1) is 20.5. The standard InChI is InChI=1S/C21H26N2O4S2/c24-20(22-15-17-6-3-5-16-4-1-2-7-19(16)17)14-18-8-9-21(28-18)29(25,26)23-10-12-27-13-11-23/h1-2,4,7-9,17H,3,5-6,10-15H2,(H,22,24)/t17-/m1/s1. The van der Waals surface area contributed by atoms with Gasteiger partial charge in [-0.1, -0.05) is 24.3 Å². The van der Waals surface area contributed by atoms with E-state index in [-0.39, 0.29) is 12.3 Å². The number of thiophene rings is 1. The summed E-state index contributed by atoms with van der Waals surface area (Å²) in [6, 6.07) is 11.8. The summed E-state index contributed by atoms with van der Waals surface area (Å²) in [7, 11) is -3.50. The second-order valence-corrected chi connectivity index (χ2v) is 10.8. The summed E-state index contributed by atoms with van der Waals surface area (Å²) in [6.07, 6.45) is 3.54. The fourth-order valence-electron chi connectivity index (χ4n) is 4.03. The molecule has 1 aliphatic heterocycles. The minimum absolute atomic E-state index is 0.0646. The Bertz CT molecular complexity index is 965. The van der Waals surface area contributed by atoms with E-state index in [2.05, 4.69) is 29.6 Å². The van der Waals surface area contributed by atoms with Crippen molar-refractivity contribution in [3.63, 3.8) is 0 Å². The van der Waals surface area contributed by atoms with E-state index in [1.807, 2.05) is 0 Å². The summed E-state index contributed by atoms with van der Waals surface area (Å²) in [5.41, 5.74) is 2.73. The fraction of sp³-hybridized carbons (Fsp3) is 0.476. The molecule has 6 nitrogen and oxygen atoms in total. The van der Waals surface area contributed by atoms with Crippen molar-refractivity contribution in [1.82, 2.24) is 9.62 Å². The molecule has 1 N–H and O–H groups in total. The first-order valence-electron chi connectivity index (χ1n) is 10.0. The molecule has 1 saturated heterocycles. The molecule has 156 valence electrons. The van der Waals surface area contributed by atoms with Gasteiger partial charge in [0.1, 0.15) is 4.21 Å². The van der Waals surface area contributed by atoms with Gasteiger partial charge in [0, 0.05) is 30.4 Å². The average Bonchev–Trinajstić information content (AvgIpc) is 3.22. The van der Waals surface area contributed by atoms with Crippen LogP contribution >= 0.6 is 11.3 Å². The molecule has 0 radical (unpaired) electrons. The first-order valence-corrected chi connectivity index (χ1v) is 12.3. The Kier molecular flexibility index (Phi) is 6.34. The summed E-state index contributed by atoms with van der Waals surface area (Å²) in [5, 5.41) is 3.04. The highest BCUT2D eigenvalue weighted by Gasteiger charge is 2.28. The molecule has 1 aromatic heterocycles. The predicted octanol–water partition coefficient (Wildman–Crippen LogP) is 2.55. The normalized spacial score (nSPS) is 20.2. The van der Waals surface area contributed by atoms with Crippen molar-refractivity contribution in [2.45, 2.75) is 35.8 Å². The molecular formula is C21H26N2O4S2. The number of carbonyl (C=O) groups excluding carboxylic acids is 1. The van der Waals surface area contributed by atoms with E-state index in [0.29, 0.717) is 43.0 Å². The van der Waals surface area contributed by atoms with Crippen LogP contribution in [0.1, 0.15) is 34.8 Å². The fourth-order valence-corrected chi connectivity index (χ4v) is 6.95. The van der Waals surface area contributed by atoms with Gasteiger partial charge >= 0.3 is 0 Å². The summed E-state index contributed by atoms with van der Waals surface area (Å²) in [6.45, 7) is 2.21. The monoisotopic (exact) mass is 434 g/mol. The van der Waals surface area contributed by atoms with Crippen LogP contribution in [0.4, 0.5) is 0 Å². The number of morpholine rings is 1. The summed E-state index contributed by atoms with van der Waals surface area (Å²) >= 11 is 1.18. The number of aryl methyl sites for hydroxylation is 1. The van der Waals surface area contributed by atoms with Gasteiger partial charge < -0.3 is 10.1 Å². The molecule has 2 aliphatic rings. The van der Waals surface area contributed by atoms with Crippen molar-refractivity contribution >= 4 is 27.3 Å². The van der Waals surface area contributed by atoms with Gasteiger partial charge in [-0.15, -0.1) is 11.3 Å². The zero-order chi connectivity index (χ0) is 20.3. The first-order chi connectivity index (χ1) is 14.0. The van der Waals surface area contributed by atoms with Crippen LogP contribution in [0.25, 0.3) is 0 Å². The highest BCUT2D eigenvalue weighted by molar-refractivity contribution is 7.91. The third kappa shape index (κ3) is 4.71. The molecule has 0 bridgehead atoms. The Hall–Kier alpha value is -1.74. The quantitative estimate of drug-likeness (QED) is 0.758. The maximum Gasteiger partial charge on any atom is 0.252 e. The summed E-state index contributed by atoms with van der Waals surface area (Å²) in [5.74, 6) is 0.287. The van der Waals surface area contributed by atoms with Crippen molar-refractivity contribution in [2.75, 3.05) is 32.8 Å². The number of nitrogens with zero attached hydrogens (tertiary/aromatic N) is 1. The summed E-state index contributed by atoms with van der Waals surface area (Å²) in [4.78, 5) is 13.2. The van der Waals surface area contributed by atoms with Crippen LogP contribution in [0.15, 0.2) is 40.6 Å². The molecular weight excluding hydrogens is 408 g/mol. The maximum atomic E-state index is 12.7. The molecule has 1 fully saturated rings. The van der Waals surface area contributed by atoms with E-state index in [0.717, 1.165) is 24.1 Å². The number of hydrogen-bond donors (Lipinski definition) is 1. The van der Waals surface area contributed by atoms with E-state index in [1.165, 1.54) is 26.8 Å². The van der Waals surface area contributed by atoms with Gasteiger partial charge in [0.2, 0.25) is 5.91 Å². The van der Waals surface area contributed by atoms with Gasteiger partial charge in [-0.2, -0.15) is 4.31 Å². The van der Waals surface area contributed by atoms with Crippen LogP contribution in [0.2, 0.25) is 0 Å². The Morgan fingerprint density at radius 1 is 1.17 bits per heavy atom. The molecule has 2 heterocycles. The minimum Gasteiger partial charge on any atom is -0.379 e. The van der Waals surface area contributed by atoms with E-state index in [4.69, 9.17) is 4.74 Å². The third-order valence-corrected chi connectivity index (χ3v) is 9.03. The molecule has 4 rings (SSSR count). The van der Waals surface area contributed by atoms with Crippen LogP contribution in [-0.4, -0.2) is 51.5 Å². The van der Waals surface area contributed by atoms with Crippen LogP contribution in [-0.2, 0) is 32.4 Å². The number of sulfonamides is 1. The number of amides is 1. The van der Waals surface area contributed by atoms with Crippen molar-refractivity contribution < 1.29 is 17.9 Å². The number of carbonyl (C=O) groups is 1. The Morgan fingerprint density at radius 2 is 1.97 bits per heavy atom. The van der Waals surface area contributed by atoms with Crippen molar-refractivity contribution in [1.29, 1.82) is 0 Å². The molecule has 8 heteroatoms. The van der Waals surface area contributed by atoms with Crippen LogP contribution in [0.3, 0.4) is 0 Å². The second-order valence-electron chi connectivity index (χ2n) is 7.51. The molecule has 1 aromatic carbocycles. The SMILES string of the molecule is O=C(Cc1ccc(S(=O)(=O)N2CCOCC2)s1)NC[C@H]1CCCc2ccccc21. The van der Waals surface area contributed by atoms with E-state index in [9.17, 15) is 13.2 Å². The third-order valence-electron chi connectivity index (χ3n) is 5.58. The molecule has 2 aromatic rings. The van der Waals surface area contributed by atoms with Crippen molar-refractivity contribution in [3.8, 4) is 0 Å². The number of hydrogen-bond acceptors (Lipinski definition) is 5. The van der Waals surface area contributed by atoms with Gasteiger partial charge in [-0.05, 0) is 42.5 Å². The molecule has 29 heavy (non-hydrogen) atoms. The lowest BCUT2D eigenvalue weighted by Gasteiger charge is -2.25. The molecule has 0 unspecified atom stereocenters. The van der Waals surface area contributed by atoms with Gasteiger partial charge in [0.05, 0.1) is 19.6 Å². The Balaban J connectivity index is 1.34. The summed E-state index contributed by atoms with van der Waals surface area (Å²) < 4.78 is 32.4. The van der Waals surface area contributed by atoms with Crippen LogP contribution in [0.5, 0.6) is 0 Å². The highest BCUT2D eigenvalue weighted by Crippen LogP contribution is 2.31. The Morgan fingerprint density at radius 3 is 2.79 bits per heavy atom. The van der Waals surface area contributed by atoms with Crippen LogP contribution in [0, 0.1) is 0 Å². The van der Waals surface area contributed by atoms with Crippen LogP contribution < -0.4 is 5.32 Å².